The Hall–Kier alpha value is -2.68. The third-order valence-corrected chi connectivity index (χ3v) is 3.50. The number of rotatable bonds is 3. The van der Waals surface area contributed by atoms with Gasteiger partial charge >= 0.3 is 0 Å². The van der Waals surface area contributed by atoms with Gasteiger partial charge in [0.05, 0.1) is 6.42 Å². The van der Waals surface area contributed by atoms with Crippen LogP contribution in [0.1, 0.15) is 11.1 Å². The Kier molecular flexibility index (Phi) is 3.65. The fourth-order valence-corrected chi connectivity index (χ4v) is 2.41. The van der Waals surface area contributed by atoms with Gasteiger partial charge in [-0.05, 0) is 34.9 Å². The van der Waals surface area contributed by atoms with Gasteiger partial charge in [0.15, 0.2) is 0 Å². The van der Waals surface area contributed by atoms with Crippen molar-refractivity contribution >= 4 is 22.5 Å². The van der Waals surface area contributed by atoms with E-state index in [9.17, 15) is 4.79 Å². The average Bonchev–Trinajstić information content (AvgIpc) is 2.50. The number of benzene rings is 2. The smallest absolute Gasteiger partial charge is 0.229 e. The van der Waals surface area contributed by atoms with Crippen LogP contribution in [0.2, 0.25) is 0 Å². The second kappa shape index (κ2) is 5.75. The number of nitrogens with zero attached hydrogens (tertiary/aromatic N) is 1. The molecule has 3 aromatic rings. The number of hydrogen-bond acceptors (Lipinski definition) is 2. The lowest BCUT2D eigenvalue weighted by Crippen LogP contribution is -2.16. The van der Waals surface area contributed by atoms with Crippen LogP contribution in [0.3, 0.4) is 0 Å². The Balaban J connectivity index is 1.82. The van der Waals surface area contributed by atoms with Crippen LogP contribution in [-0.4, -0.2) is 10.9 Å². The molecule has 1 amide bonds. The van der Waals surface area contributed by atoms with Crippen LogP contribution in [0, 0.1) is 6.92 Å². The van der Waals surface area contributed by atoms with Gasteiger partial charge < -0.3 is 5.32 Å². The van der Waals surface area contributed by atoms with Crippen molar-refractivity contribution in [2.45, 2.75) is 13.3 Å². The van der Waals surface area contributed by atoms with E-state index in [4.69, 9.17) is 0 Å². The van der Waals surface area contributed by atoms with Crippen molar-refractivity contribution in [3.8, 4) is 0 Å². The topological polar surface area (TPSA) is 42.0 Å². The van der Waals surface area contributed by atoms with Crippen molar-refractivity contribution in [3.05, 3.63) is 71.9 Å². The summed E-state index contributed by atoms with van der Waals surface area (Å²) in [6.45, 7) is 1.93. The highest BCUT2D eigenvalue weighted by molar-refractivity contribution is 5.96. The molecule has 0 fully saturated rings. The molecule has 1 aromatic heterocycles. The van der Waals surface area contributed by atoms with E-state index < -0.39 is 0 Å². The summed E-state index contributed by atoms with van der Waals surface area (Å²) in [5, 5.41) is 5.14. The molecule has 0 atom stereocenters. The molecule has 3 nitrogen and oxygen atoms in total. The summed E-state index contributed by atoms with van der Waals surface area (Å²) in [4.78, 5) is 16.4. The molecule has 0 saturated carbocycles. The van der Waals surface area contributed by atoms with Gasteiger partial charge in [-0.3, -0.25) is 4.79 Å². The fourth-order valence-electron chi connectivity index (χ4n) is 2.41. The van der Waals surface area contributed by atoms with Crippen molar-refractivity contribution in [1.82, 2.24) is 4.98 Å². The number of aryl methyl sites for hydroxylation is 1. The summed E-state index contributed by atoms with van der Waals surface area (Å²) < 4.78 is 0. The molecule has 3 rings (SSSR count). The average molecular weight is 276 g/mol. The number of amides is 1. The quantitative estimate of drug-likeness (QED) is 0.792. The standard InChI is InChI=1S/C18H16N2O/c1-13-6-5-11-19-18(13)20-17(21)12-15-9-4-8-14-7-2-3-10-16(14)15/h2-11H,12H2,1H3,(H,19,20,21). The van der Waals surface area contributed by atoms with Crippen molar-refractivity contribution < 1.29 is 4.79 Å². The zero-order valence-corrected chi connectivity index (χ0v) is 11.8. The zero-order chi connectivity index (χ0) is 14.7. The SMILES string of the molecule is Cc1cccnc1NC(=O)Cc1cccc2ccccc12. The molecule has 1 heterocycles. The maximum atomic E-state index is 12.2. The van der Waals surface area contributed by atoms with Crippen LogP contribution in [0.25, 0.3) is 10.8 Å². The first kappa shape index (κ1) is 13.3. The molecule has 0 saturated heterocycles. The predicted octanol–water partition coefficient (Wildman–Crippen LogP) is 3.72. The molecule has 0 aliphatic rings. The lowest BCUT2D eigenvalue weighted by Gasteiger charge is -2.09. The number of hydrogen-bond donors (Lipinski definition) is 1. The third kappa shape index (κ3) is 2.92. The van der Waals surface area contributed by atoms with E-state index in [-0.39, 0.29) is 5.91 Å². The highest BCUT2D eigenvalue weighted by Crippen LogP contribution is 2.19. The fraction of sp³-hybridized carbons (Fsp3) is 0.111. The summed E-state index contributed by atoms with van der Waals surface area (Å²) in [5.41, 5.74) is 1.99. The largest absolute Gasteiger partial charge is 0.310 e. The second-order valence-electron chi connectivity index (χ2n) is 5.03. The molecule has 3 heteroatoms. The van der Waals surface area contributed by atoms with E-state index in [1.54, 1.807) is 6.20 Å². The number of nitrogens with one attached hydrogen (secondary N) is 1. The molecule has 104 valence electrons. The molecule has 0 bridgehead atoms. The molecular formula is C18H16N2O. The third-order valence-electron chi connectivity index (χ3n) is 3.50. The lowest BCUT2D eigenvalue weighted by atomic mass is 10.0. The number of carbonyl (C=O) groups excluding carboxylic acids is 1. The van der Waals surface area contributed by atoms with E-state index in [2.05, 4.69) is 22.4 Å². The lowest BCUT2D eigenvalue weighted by molar-refractivity contribution is -0.115. The monoisotopic (exact) mass is 276 g/mol. The maximum absolute atomic E-state index is 12.2. The molecule has 0 aliphatic carbocycles. The van der Waals surface area contributed by atoms with Crippen molar-refractivity contribution in [3.63, 3.8) is 0 Å². The molecule has 0 aliphatic heterocycles. The van der Waals surface area contributed by atoms with E-state index in [0.29, 0.717) is 12.2 Å². The van der Waals surface area contributed by atoms with Crippen molar-refractivity contribution in [2.24, 2.45) is 0 Å². The highest BCUT2D eigenvalue weighted by atomic mass is 16.1. The summed E-state index contributed by atoms with van der Waals surface area (Å²) >= 11 is 0. The van der Waals surface area contributed by atoms with Gasteiger partial charge in [0.2, 0.25) is 5.91 Å². The number of aromatic nitrogens is 1. The normalized spacial score (nSPS) is 10.5. The Morgan fingerprint density at radius 1 is 1.05 bits per heavy atom. The number of pyridine rings is 1. The zero-order valence-electron chi connectivity index (χ0n) is 11.8. The van der Waals surface area contributed by atoms with Gasteiger partial charge in [-0.15, -0.1) is 0 Å². The molecule has 21 heavy (non-hydrogen) atoms. The number of anilines is 1. The van der Waals surface area contributed by atoms with Crippen LogP contribution in [-0.2, 0) is 11.2 Å². The second-order valence-corrected chi connectivity index (χ2v) is 5.03. The first-order valence-electron chi connectivity index (χ1n) is 6.92. The van der Waals surface area contributed by atoms with E-state index >= 15 is 0 Å². The predicted molar refractivity (Wildman–Crippen MR) is 85.3 cm³/mol. The minimum Gasteiger partial charge on any atom is -0.310 e. The molecular weight excluding hydrogens is 260 g/mol. The summed E-state index contributed by atoms with van der Waals surface area (Å²) in [5.74, 6) is 0.580. The van der Waals surface area contributed by atoms with Crippen LogP contribution < -0.4 is 5.32 Å². The van der Waals surface area contributed by atoms with Crippen LogP contribution in [0.15, 0.2) is 60.8 Å². The van der Waals surface area contributed by atoms with E-state index in [1.165, 1.54) is 0 Å². The molecule has 0 radical (unpaired) electrons. The number of carbonyl (C=O) groups is 1. The van der Waals surface area contributed by atoms with Crippen LogP contribution in [0.5, 0.6) is 0 Å². The molecule has 2 aromatic carbocycles. The first-order chi connectivity index (χ1) is 10.2. The Labute approximate surface area is 123 Å². The first-order valence-corrected chi connectivity index (χ1v) is 6.92. The van der Waals surface area contributed by atoms with Crippen molar-refractivity contribution in [2.75, 3.05) is 5.32 Å². The molecule has 0 unspecified atom stereocenters. The Morgan fingerprint density at radius 3 is 2.71 bits per heavy atom. The molecule has 0 spiro atoms. The number of fused-ring (bicyclic) bond motifs is 1. The summed E-state index contributed by atoms with van der Waals surface area (Å²) in [6, 6.07) is 17.9. The maximum Gasteiger partial charge on any atom is 0.229 e. The van der Waals surface area contributed by atoms with E-state index in [0.717, 1.165) is 21.9 Å². The molecule has 1 N–H and O–H groups in total. The van der Waals surface area contributed by atoms with Gasteiger partial charge in [0.1, 0.15) is 5.82 Å². The Morgan fingerprint density at radius 2 is 1.86 bits per heavy atom. The van der Waals surface area contributed by atoms with Gasteiger partial charge in [-0.1, -0.05) is 48.5 Å². The highest BCUT2D eigenvalue weighted by Gasteiger charge is 2.08. The van der Waals surface area contributed by atoms with Crippen LogP contribution >= 0.6 is 0 Å². The minimum absolute atomic E-state index is 0.0480. The van der Waals surface area contributed by atoms with Crippen LogP contribution in [0.4, 0.5) is 5.82 Å². The van der Waals surface area contributed by atoms with Gasteiger partial charge in [0, 0.05) is 6.20 Å². The van der Waals surface area contributed by atoms with Gasteiger partial charge in [0.25, 0.3) is 0 Å². The Bertz CT molecular complexity index is 791. The van der Waals surface area contributed by atoms with Gasteiger partial charge in [-0.2, -0.15) is 0 Å². The van der Waals surface area contributed by atoms with Crippen molar-refractivity contribution in [1.29, 1.82) is 0 Å². The minimum atomic E-state index is -0.0480. The van der Waals surface area contributed by atoms with Gasteiger partial charge in [-0.25, -0.2) is 4.98 Å². The van der Waals surface area contributed by atoms with E-state index in [1.807, 2.05) is 49.4 Å². The summed E-state index contributed by atoms with van der Waals surface area (Å²) in [7, 11) is 0. The summed E-state index contributed by atoms with van der Waals surface area (Å²) in [6.07, 6.45) is 2.03.